The first-order chi connectivity index (χ1) is 7.50. The smallest absolute Gasteiger partial charge is 0.125 e. The first kappa shape index (κ1) is 13.6. The molecule has 1 unspecified atom stereocenters. The van der Waals surface area contributed by atoms with Crippen LogP contribution in [-0.4, -0.2) is 12.1 Å². The Kier molecular flexibility index (Phi) is 4.47. The van der Waals surface area contributed by atoms with Crippen molar-refractivity contribution in [2.45, 2.75) is 52.2 Å². The van der Waals surface area contributed by atoms with Crippen LogP contribution in [0.3, 0.4) is 0 Å². The van der Waals surface area contributed by atoms with Crippen LogP contribution in [0.5, 0.6) is 0 Å². The zero-order valence-corrected chi connectivity index (χ0v) is 11.6. The summed E-state index contributed by atoms with van der Waals surface area (Å²) in [5, 5.41) is 1.06. The molecule has 4 heteroatoms. The summed E-state index contributed by atoms with van der Waals surface area (Å²) < 4.78 is 5.68. The zero-order valence-electron chi connectivity index (χ0n) is 10.8. The van der Waals surface area contributed by atoms with E-state index >= 15 is 0 Å². The number of nitrogens with zero attached hydrogens (tertiary/aromatic N) is 1. The Hall–Kier alpha value is -0.450. The van der Waals surface area contributed by atoms with Crippen molar-refractivity contribution in [1.82, 2.24) is 4.98 Å². The predicted octanol–water partition coefficient (Wildman–Crippen LogP) is 3.13. The van der Waals surface area contributed by atoms with Crippen molar-refractivity contribution in [3.05, 3.63) is 15.6 Å². The topological polar surface area (TPSA) is 48.1 Å². The number of hydrogen-bond acceptors (Lipinski definition) is 4. The monoisotopic (exact) mass is 242 g/mol. The van der Waals surface area contributed by atoms with Crippen molar-refractivity contribution in [2.75, 3.05) is 7.11 Å². The van der Waals surface area contributed by atoms with Gasteiger partial charge in [0.2, 0.25) is 0 Å². The van der Waals surface area contributed by atoms with Crippen molar-refractivity contribution in [2.24, 2.45) is 5.73 Å². The van der Waals surface area contributed by atoms with E-state index in [1.165, 1.54) is 4.88 Å². The number of hydrogen-bond donors (Lipinski definition) is 1. The molecule has 0 aliphatic carbocycles. The minimum absolute atomic E-state index is 0.0505. The summed E-state index contributed by atoms with van der Waals surface area (Å²) in [7, 11) is 1.76. The normalized spacial score (nSPS) is 14.1. The van der Waals surface area contributed by atoms with Gasteiger partial charge in [0.05, 0.1) is 5.69 Å². The second kappa shape index (κ2) is 5.25. The third-order valence-corrected chi connectivity index (χ3v) is 4.71. The molecule has 1 aromatic heterocycles. The summed E-state index contributed by atoms with van der Waals surface area (Å²) in [6, 6.07) is 0.0505. The Morgan fingerprint density at radius 3 is 2.31 bits per heavy atom. The number of thiazole rings is 1. The van der Waals surface area contributed by atoms with Gasteiger partial charge in [0, 0.05) is 18.0 Å². The molecule has 1 aromatic rings. The quantitative estimate of drug-likeness (QED) is 0.863. The first-order valence-electron chi connectivity index (χ1n) is 5.79. The molecular weight excluding hydrogens is 220 g/mol. The molecule has 0 saturated heterocycles. The molecule has 0 saturated carbocycles. The molecule has 0 bridgehead atoms. The second-order valence-electron chi connectivity index (χ2n) is 4.16. The number of ether oxygens (including phenoxy) is 1. The summed E-state index contributed by atoms with van der Waals surface area (Å²) in [6.45, 7) is 8.28. The molecule has 16 heavy (non-hydrogen) atoms. The van der Waals surface area contributed by atoms with E-state index in [0.29, 0.717) is 0 Å². The van der Waals surface area contributed by atoms with Crippen molar-refractivity contribution in [1.29, 1.82) is 0 Å². The van der Waals surface area contributed by atoms with E-state index in [9.17, 15) is 0 Å². The summed E-state index contributed by atoms with van der Waals surface area (Å²) in [5.41, 5.74) is 6.73. The number of rotatable bonds is 5. The fourth-order valence-corrected chi connectivity index (χ4v) is 3.28. The minimum Gasteiger partial charge on any atom is -0.371 e. The Morgan fingerprint density at radius 2 is 2.00 bits per heavy atom. The van der Waals surface area contributed by atoms with Gasteiger partial charge in [0.25, 0.3) is 0 Å². The van der Waals surface area contributed by atoms with Gasteiger partial charge in [-0.2, -0.15) is 0 Å². The number of aromatic nitrogens is 1. The van der Waals surface area contributed by atoms with Crippen LogP contribution < -0.4 is 5.73 Å². The Labute approximate surface area is 102 Å². The van der Waals surface area contributed by atoms with Gasteiger partial charge >= 0.3 is 0 Å². The molecule has 1 rings (SSSR count). The maximum atomic E-state index is 5.93. The van der Waals surface area contributed by atoms with Gasteiger partial charge in [0.1, 0.15) is 10.6 Å². The van der Waals surface area contributed by atoms with Gasteiger partial charge in [0.15, 0.2) is 0 Å². The summed E-state index contributed by atoms with van der Waals surface area (Å²) in [5.74, 6) is 0. The molecule has 0 fully saturated rings. The maximum Gasteiger partial charge on any atom is 0.125 e. The maximum absolute atomic E-state index is 5.93. The number of nitrogens with two attached hydrogens (primary N) is 1. The molecule has 1 heterocycles. The molecular formula is C12H22N2OS. The minimum atomic E-state index is -0.234. The average Bonchev–Trinajstić information content (AvgIpc) is 2.64. The van der Waals surface area contributed by atoms with E-state index < -0.39 is 0 Å². The van der Waals surface area contributed by atoms with E-state index in [4.69, 9.17) is 10.5 Å². The van der Waals surface area contributed by atoms with Crippen LogP contribution in [0.1, 0.15) is 55.2 Å². The lowest BCUT2D eigenvalue weighted by molar-refractivity contribution is -0.0219. The highest BCUT2D eigenvalue weighted by Gasteiger charge is 2.32. The predicted molar refractivity (Wildman–Crippen MR) is 68.7 cm³/mol. The van der Waals surface area contributed by atoms with Crippen LogP contribution in [0.2, 0.25) is 0 Å². The summed E-state index contributed by atoms with van der Waals surface area (Å²) >= 11 is 1.69. The standard InChI is InChI=1S/C12H22N2OS/c1-6-12(7-2,15-5)11-14-9(4)10(16-11)8(3)13/h8H,6-7,13H2,1-5H3. The highest BCUT2D eigenvalue weighted by Crippen LogP contribution is 2.37. The molecule has 0 radical (unpaired) electrons. The van der Waals surface area contributed by atoms with Crippen molar-refractivity contribution in [3.63, 3.8) is 0 Å². The molecule has 2 N–H and O–H groups in total. The highest BCUT2D eigenvalue weighted by atomic mass is 32.1. The average molecular weight is 242 g/mol. The lowest BCUT2D eigenvalue weighted by atomic mass is 9.98. The zero-order chi connectivity index (χ0) is 12.3. The Balaban J connectivity index is 3.16. The van der Waals surface area contributed by atoms with Gasteiger partial charge < -0.3 is 10.5 Å². The third kappa shape index (κ3) is 2.29. The first-order valence-corrected chi connectivity index (χ1v) is 6.61. The van der Waals surface area contributed by atoms with Crippen LogP contribution in [0.4, 0.5) is 0 Å². The lowest BCUT2D eigenvalue weighted by Gasteiger charge is -2.27. The van der Waals surface area contributed by atoms with Crippen LogP contribution >= 0.6 is 11.3 Å². The van der Waals surface area contributed by atoms with Crippen LogP contribution in [0.15, 0.2) is 0 Å². The van der Waals surface area contributed by atoms with Gasteiger partial charge in [-0.1, -0.05) is 13.8 Å². The SMILES string of the molecule is CCC(CC)(OC)c1nc(C)c(C(C)N)s1. The summed E-state index contributed by atoms with van der Waals surface area (Å²) in [6.07, 6.45) is 1.87. The molecule has 0 spiro atoms. The number of methoxy groups -OCH3 is 1. The second-order valence-corrected chi connectivity index (χ2v) is 5.19. The van der Waals surface area contributed by atoms with Gasteiger partial charge in [-0.15, -0.1) is 11.3 Å². The van der Waals surface area contributed by atoms with Crippen LogP contribution in [0, 0.1) is 6.92 Å². The molecule has 1 atom stereocenters. The van der Waals surface area contributed by atoms with Crippen molar-refractivity contribution >= 4 is 11.3 Å². The molecule has 92 valence electrons. The van der Waals surface area contributed by atoms with E-state index in [2.05, 4.69) is 18.8 Å². The van der Waals surface area contributed by atoms with E-state index in [1.54, 1.807) is 18.4 Å². The molecule has 0 aromatic carbocycles. The van der Waals surface area contributed by atoms with Crippen LogP contribution in [0.25, 0.3) is 0 Å². The highest BCUT2D eigenvalue weighted by molar-refractivity contribution is 7.12. The van der Waals surface area contributed by atoms with E-state index in [-0.39, 0.29) is 11.6 Å². The number of aryl methyl sites for hydroxylation is 1. The third-order valence-electron chi connectivity index (χ3n) is 3.17. The lowest BCUT2D eigenvalue weighted by Crippen LogP contribution is -2.26. The largest absolute Gasteiger partial charge is 0.371 e. The van der Waals surface area contributed by atoms with E-state index in [0.717, 1.165) is 23.5 Å². The Morgan fingerprint density at radius 1 is 1.44 bits per heavy atom. The fourth-order valence-electron chi connectivity index (χ4n) is 1.95. The van der Waals surface area contributed by atoms with Crippen molar-refractivity contribution in [3.8, 4) is 0 Å². The fraction of sp³-hybridized carbons (Fsp3) is 0.750. The molecule has 0 aliphatic heterocycles. The van der Waals surface area contributed by atoms with Crippen molar-refractivity contribution < 1.29 is 4.74 Å². The van der Waals surface area contributed by atoms with Gasteiger partial charge in [-0.05, 0) is 26.7 Å². The molecule has 0 amide bonds. The van der Waals surface area contributed by atoms with Gasteiger partial charge in [-0.25, -0.2) is 4.98 Å². The summed E-state index contributed by atoms with van der Waals surface area (Å²) in [4.78, 5) is 5.80. The van der Waals surface area contributed by atoms with E-state index in [1.807, 2.05) is 13.8 Å². The molecule has 3 nitrogen and oxygen atoms in total. The van der Waals surface area contributed by atoms with Crippen LogP contribution in [-0.2, 0) is 10.3 Å². The van der Waals surface area contributed by atoms with Gasteiger partial charge in [-0.3, -0.25) is 0 Å². The molecule has 0 aliphatic rings. The Bertz CT molecular complexity index is 335.